The van der Waals surface area contributed by atoms with E-state index in [1.54, 1.807) is 0 Å². The van der Waals surface area contributed by atoms with Gasteiger partial charge in [0, 0.05) is 30.5 Å². The number of aromatic amines is 1. The molecule has 156 valence electrons. The van der Waals surface area contributed by atoms with Gasteiger partial charge in [-0.3, -0.25) is 4.79 Å². The summed E-state index contributed by atoms with van der Waals surface area (Å²) >= 11 is 0. The molecule has 6 nitrogen and oxygen atoms in total. The molecular formula is C25H25N5O. The third kappa shape index (κ3) is 3.77. The predicted molar refractivity (Wildman–Crippen MR) is 125 cm³/mol. The Morgan fingerprint density at radius 2 is 1.94 bits per heavy atom. The van der Waals surface area contributed by atoms with Crippen LogP contribution in [-0.4, -0.2) is 33.9 Å². The van der Waals surface area contributed by atoms with Crippen molar-refractivity contribution in [3.63, 3.8) is 0 Å². The molecule has 1 amide bonds. The molecule has 5 rings (SSSR count). The van der Waals surface area contributed by atoms with Crippen molar-refractivity contribution in [1.29, 1.82) is 0 Å². The van der Waals surface area contributed by atoms with Gasteiger partial charge in [-0.1, -0.05) is 31.2 Å². The summed E-state index contributed by atoms with van der Waals surface area (Å²) in [6.45, 7) is 4.16. The number of hydrogen-bond acceptors (Lipinski definition) is 4. The van der Waals surface area contributed by atoms with E-state index in [1.165, 1.54) is 12.8 Å². The standard InChI is InChI=1S/C25H25N5O/c1-2-17-8-3-4-10-20(17)28-25(31)19-9-7-11-21-23(19)29-24(27-21)18-12-13-26-22(16-18)30-14-5-6-15-30/h3-4,7-13,16H,2,5-6,14-15H2,1H3,(H,27,29)(H,28,31). The zero-order chi connectivity index (χ0) is 21.2. The summed E-state index contributed by atoms with van der Waals surface area (Å²) < 4.78 is 0. The fourth-order valence-corrected chi connectivity index (χ4v) is 4.18. The van der Waals surface area contributed by atoms with Crippen LogP contribution in [0.25, 0.3) is 22.4 Å². The van der Waals surface area contributed by atoms with Gasteiger partial charge in [0.1, 0.15) is 17.2 Å². The maximum Gasteiger partial charge on any atom is 0.257 e. The van der Waals surface area contributed by atoms with Crippen molar-refractivity contribution in [2.45, 2.75) is 26.2 Å². The lowest BCUT2D eigenvalue weighted by Gasteiger charge is -2.16. The number of rotatable bonds is 5. The van der Waals surface area contributed by atoms with Gasteiger partial charge in [0.05, 0.1) is 11.1 Å². The van der Waals surface area contributed by atoms with Gasteiger partial charge in [0.25, 0.3) is 5.91 Å². The third-order valence-corrected chi connectivity index (χ3v) is 5.85. The van der Waals surface area contributed by atoms with Crippen LogP contribution in [-0.2, 0) is 6.42 Å². The van der Waals surface area contributed by atoms with Gasteiger partial charge in [0.15, 0.2) is 0 Å². The van der Waals surface area contributed by atoms with E-state index < -0.39 is 0 Å². The molecule has 0 aliphatic carbocycles. The average Bonchev–Trinajstić information content (AvgIpc) is 3.49. The normalized spacial score (nSPS) is 13.6. The molecule has 0 radical (unpaired) electrons. The summed E-state index contributed by atoms with van der Waals surface area (Å²) in [5.74, 6) is 1.56. The van der Waals surface area contributed by atoms with E-state index in [-0.39, 0.29) is 5.91 Å². The summed E-state index contributed by atoms with van der Waals surface area (Å²) in [7, 11) is 0. The molecule has 6 heteroatoms. The Labute approximate surface area is 181 Å². The Hall–Kier alpha value is -3.67. The summed E-state index contributed by atoms with van der Waals surface area (Å²) in [4.78, 5) is 28.1. The van der Waals surface area contributed by atoms with Crippen LogP contribution in [0.1, 0.15) is 35.7 Å². The molecule has 4 aromatic rings. The van der Waals surface area contributed by atoms with Gasteiger partial charge in [0.2, 0.25) is 0 Å². The maximum absolute atomic E-state index is 13.1. The first-order chi connectivity index (χ1) is 15.2. The highest BCUT2D eigenvalue weighted by Gasteiger charge is 2.17. The van der Waals surface area contributed by atoms with Crippen molar-refractivity contribution in [2.24, 2.45) is 0 Å². The SMILES string of the molecule is CCc1ccccc1NC(=O)c1cccc2[nH]c(-c3ccnc(N4CCCC4)c3)nc12. The Kier molecular flexibility index (Phi) is 5.12. The molecule has 31 heavy (non-hydrogen) atoms. The Balaban J connectivity index is 1.48. The molecule has 1 aliphatic heterocycles. The zero-order valence-electron chi connectivity index (χ0n) is 17.6. The second-order valence-corrected chi connectivity index (χ2v) is 7.85. The number of carbonyl (C=O) groups excluding carboxylic acids is 1. The van der Waals surface area contributed by atoms with Gasteiger partial charge < -0.3 is 15.2 Å². The van der Waals surface area contributed by atoms with Crippen molar-refractivity contribution in [3.05, 3.63) is 71.9 Å². The molecular weight excluding hydrogens is 386 g/mol. The second-order valence-electron chi connectivity index (χ2n) is 7.85. The fourth-order valence-electron chi connectivity index (χ4n) is 4.18. The molecule has 0 atom stereocenters. The first kappa shape index (κ1) is 19.3. The van der Waals surface area contributed by atoms with Gasteiger partial charge in [-0.2, -0.15) is 0 Å². The highest BCUT2D eigenvalue weighted by Crippen LogP contribution is 2.27. The molecule has 0 unspecified atom stereocenters. The van der Waals surface area contributed by atoms with E-state index in [2.05, 4.69) is 33.2 Å². The number of pyridine rings is 1. The lowest BCUT2D eigenvalue weighted by atomic mass is 10.1. The van der Waals surface area contributed by atoms with E-state index in [0.717, 1.165) is 53.5 Å². The van der Waals surface area contributed by atoms with E-state index in [4.69, 9.17) is 4.98 Å². The maximum atomic E-state index is 13.1. The molecule has 2 aromatic heterocycles. The number of para-hydroxylation sites is 2. The molecule has 0 spiro atoms. The minimum Gasteiger partial charge on any atom is -0.357 e. The second kappa shape index (κ2) is 8.22. The molecule has 3 heterocycles. The van der Waals surface area contributed by atoms with E-state index >= 15 is 0 Å². The molecule has 0 bridgehead atoms. The first-order valence-corrected chi connectivity index (χ1v) is 10.8. The highest BCUT2D eigenvalue weighted by molar-refractivity contribution is 6.12. The lowest BCUT2D eigenvalue weighted by Crippen LogP contribution is -2.18. The Morgan fingerprint density at radius 1 is 1.10 bits per heavy atom. The summed E-state index contributed by atoms with van der Waals surface area (Å²) in [6, 6.07) is 17.6. The number of anilines is 2. The number of imidazole rings is 1. The van der Waals surface area contributed by atoms with Crippen LogP contribution in [0, 0.1) is 0 Å². The number of fused-ring (bicyclic) bond motifs is 1. The number of H-pyrrole nitrogens is 1. The zero-order valence-corrected chi connectivity index (χ0v) is 17.6. The Morgan fingerprint density at radius 3 is 2.77 bits per heavy atom. The average molecular weight is 412 g/mol. The van der Waals surface area contributed by atoms with Crippen LogP contribution in [0.3, 0.4) is 0 Å². The van der Waals surface area contributed by atoms with Crippen LogP contribution < -0.4 is 10.2 Å². The smallest absolute Gasteiger partial charge is 0.257 e. The third-order valence-electron chi connectivity index (χ3n) is 5.85. The van der Waals surface area contributed by atoms with Crippen LogP contribution in [0.15, 0.2) is 60.8 Å². The minimum atomic E-state index is -0.156. The van der Waals surface area contributed by atoms with Crippen molar-refractivity contribution in [3.8, 4) is 11.4 Å². The number of nitrogens with zero attached hydrogens (tertiary/aromatic N) is 3. The Bertz CT molecular complexity index is 1240. The van der Waals surface area contributed by atoms with Crippen molar-refractivity contribution < 1.29 is 4.79 Å². The number of nitrogens with one attached hydrogen (secondary N) is 2. The van der Waals surface area contributed by atoms with Crippen molar-refractivity contribution in [1.82, 2.24) is 15.0 Å². The highest BCUT2D eigenvalue weighted by atomic mass is 16.1. The molecule has 1 aliphatic rings. The summed E-state index contributed by atoms with van der Waals surface area (Å²) in [5.41, 5.74) is 4.98. The van der Waals surface area contributed by atoms with Crippen LogP contribution in [0.5, 0.6) is 0 Å². The largest absolute Gasteiger partial charge is 0.357 e. The molecule has 2 aromatic carbocycles. The van der Waals surface area contributed by atoms with Crippen LogP contribution >= 0.6 is 0 Å². The first-order valence-electron chi connectivity index (χ1n) is 10.8. The van der Waals surface area contributed by atoms with E-state index in [1.807, 2.05) is 54.7 Å². The van der Waals surface area contributed by atoms with Gasteiger partial charge >= 0.3 is 0 Å². The van der Waals surface area contributed by atoms with Crippen molar-refractivity contribution in [2.75, 3.05) is 23.3 Å². The quantitative estimate of drug-likeness (QED) is 0.482. The van der Waals surface area contributed by atoms with Gasteiger partial charge in [-0.25, -0.2) is 9.97 Å². The van der Waals surface area contributed by atoms with E-state index in [0.29, 0.717) is 11.1 Å². The molecule has 0 saturated carbocycles. The van der Waals surface area contributed by atoms with Crippen molar-refractivity contribution >= 4 is 28.4 Å². The number of hydrogen-bond donors (Lipinski definition) is 2. The number of carbonyl (C=O) groups is 1. The topological polar surface area (TPSA) is 73.9 Å². The summed E-state index contributed by atoms with van der Waals surface area (Å²) in [5, 5.41) is 3.06. The van der Waals surface area contributed by atoms with Crippen LogP contribution in [0.4, 0.5) is 11.5 Å². The molecule has 1 fully saturated rings. The van der Waals surface area contributed by atoms with Gasteiger partial charge in [-0.15, -0.1) is 0 Å². The number of benzene rings is 2. The molecule has 1 saturated heterocycles. The fraction of sp³-hybridized carbons (Fsp3) is 0.240. The number of aryl methyl sites for hydroxylation is 1. The molecule has 2 N–H and O–H groups in total. The summed E-state index contributed by atoms with van der Waals surface area (Å²) in [6.07, 6.45) is 5.09. The lowest BCUT2D eigenvalue weighted by molar-refractivity contribution is 0.102. The minimum absolute atomic E-state index is 0.156. The number of amides is 1. The van der Waals surface area contributed by atoms with Crippen LogP contribution in [0.2, 0.25) is 0 Å². The number of aromatic nitrogens is 3. The van der Waals surface area contributed by atoms with E-state index in [9.17, 15) is 4.79 Å². The van der Waals surface area contributed by atoms with Gasteiger partial charge in [-0.05, 0) is 55.2 Å². The monoisotopic (exact) mass is 411 g/mol. The predicted octanol–water partition coefficient (Wildman–Crippen LogP) is 5.04.